The molecule has 1 amide bonds. The number of benzene rings is 2. The van der Waals surface area contributed by atoms with Crippen molar-refractivity contribution in [3.05, 3.63) is 72.7 Å². The van der Waals surface area contributed by atoms with Crippen molar-refractivity contribution in [2.75, 3.05) is 6.54 Å². The Balaban J connectivity index is 1.58. The van der Waals surface area contributed by atoms with Gasteiger partial charge in [-0.3, -0.25) is 4.90 Å². The number of allylic oxidation sites excluding steroid dienone is 3. The van der Waals surface area contributed by atoms with Crippen LogP contribution < -0.4 is 0 Å². The number of likely N-dealkylation sites (tertiary alicyclic amines) is 1. The van der Waals surface area contributed by atoms with Crippen molar-refractivity contribution in [1.29, 1.82) is 0 Å². The topological polar surface area (TPSA) is 58.2 Å². The third-order valence-corrected chi connectivity index (χ3v) is 5.81. The molecule has 3 aromatic rings. The van der Waals surface area contributed by atoms with Gasteiger partial charge in [-0.1, -0.05) is 43.0 Å². The van der Waals surface area contributed by atoms with Crippen LogP contribution >= 0.6 is 0 Å². The summed E-state index contributed by atoms with van der Waals surface area (Å²) in [5.74, 6) is 0.808. The zero-order valence-corrected chi connectivity index (χ0v) is 19.3. The van der Waals surface area contributed by atoms with Crippen molar-refractivity contribution in [3.8, 4) is 11.3 Å². The van der Waals surface area contributed by atoms with Gasteiger partial charge in [0.15, 0.2) is 0 Å². The van der Waals surface area contributed by atoms with Gasteiger partial charge >= 0.3 is 6.09 Å². The number of aromatic nitrogens is 2. The lowest BCUT2D eigenvalue weighted by Crippen LogP contribution is -2.36. The van der Waals surface area contributed by atoms with Crippen molar-refractivity contribution in [3.63, 3.8) is 0 Å². The highest BCUT2D eigenvalue weighted by molar-refractivity contribution is 5.90. The normalized spacial score (nSPS) is 17.1. The van der Waals surface area contributed by atoms with Crippen molar-refractivity contribution in [2.45, 2.75) is 52.2 Å². The van der Waals surface area contributed by atoms with Crippen LogP contribution in [0.5, 0.6) is 0 Å². The minimum Gasteiger partial charge on any atom is -0.444 e. The van der Waals surface area contributed by atoms with E-state index in [1.165, 1.54) is 5.39 Å². The molecule has 0 radical (unpaired) electrons. The molecular weight excluding hydrogens is 398 g/mol. The SMILES string of the molecule is C=CC(=CC)c1ccc2cc(-c3cnc(C4CCCN4C(=O)OC(C)(C)C)[nH]3)ccc2c1. The third-order valence-electron chi connectivity index (χ3n) is 5.81. The number of carbonyl (C=O) groups is 1. The van der Waals surface area contributed by atoms with E-state index in [-0.39, 0.29) is 12.1 Å². The summed E-state index contributed by atoms with van der Waals surface area (Å²) in [4.78, 5) is 22.5. The molecule has 5 heteroatoms. The molecule has 1 N–H and O–H groups in total. The summed E-state index contributed by atoms with van der Waals surface area (Å²) in [6.07, 6.45) is 7.34. The van der Waals surface area contributed by atoms with Gasteiger partial charge in [0.05, 0.1) is 17.9 Å². The molecule has 32 heavy (non-hydrogen) atoms. The lowest BCUT2D eigenvalue weighted by Gasteiger charge is -2.27. The number of fused-ring (bicyclic) bond motifs is 1. The van der Waals surface area contributed by atoms with E-state index in [4.69, 9.17) is 4.74 Å². The average Bonchev–Trinajstić information content (AvgIpc) is 3.42. The second-order valence-corrected chi connectivity index (χ2v) is 9.24. The van der Waals surface area contributed by atoms with E-state index in [2.05, 4.69) is 59.0 Å². The van der Waals surface area contributed by atoms with Gasteiger partial charge in [-0.15, -0.1) is 0 Å². The first kappa shape index (κ1) is 21.9. The summed E-state index contributed by atoms with van der Waals surface area (Å²) >= 11 is 0. The molecule has 2 heterocycles. The molecule has 1 aliphatic heterocycles. The van der Waals surface area contributed by atoms with Gasteiger partial charge in [0.25, 0.3) is 0 Å². The Hall–Kier alpha value is -3.34. The van der Waals surface area contributed by atoms with Crippen LogP contribution in [0.3, 0.4) is 0 Å². The number of nitrogens with zero attached hydrogens (tertiary/aromatic N) is 2. The molecule has 5 nitrogen and oxygen atoms in total. The molecule has 4 rings (SSSR count). The standard InChI is InChI=1S/C27H31N3O2/c1-6-18(7-2)19-10-11-21-16-22(13-12-20(21)15-19)23-17-28-25(29-23)24-9-8-14-30(24)26(31)32-27(3,4)5/h6-7,10-13,15-17,24H,1,8-9,14H2,2-5H3,(H,28,29). The molecule has 0 bridgehead atoms. The predicted molar refractivity (Wildman–Crippen MR) is 130 cm³/mol. The van der Waals surface area contributed by atoms with E-state index in [1.54, 1.807) is 4.90 Å². The molecule has 0 spiro atoms. The van der Waals surface area contributed by atoms with E-state index in [9.17, 15) is 4.79 Å². The molecule has 1 atom stereocenters. The van der Waals surface area contributed by atoms with Crippen LogP contribution in [-0.4, -0.2) is 33.1 Å². The lowest BCUT2D eigenvalue weighted by molar-refractivity contribution is 0.0218. The molecule has 0 saturated carbocycles. The highest BCUT2D eigenvalue weighted by atomic mass is 16.6. The van der Waals surface area contributed by atoms with Gasteiger partial charge in [-0.25, -0.2) is 9.78 Å². The number of nitrogens with one attached hydrogen (secondary N) is 1. The summed E-state index contributed by atoms with van der Waals surface area (Å²) in [6, 6.07) is 12.8. The van der Waals surface area contributed by atoms with Crippen LogP contribution in [0, 0.1) is 0 Å². The van der Waals surface area contributed by atoms with Gasteiger partial charge in [0, 0.05) is 12.1 Å². The van der Waals surface area contributed by atoms with Gasteiger partial charge in [0.1, 0.15) is 11.4 Å². The fourth-order valence-electron chi connectivity index (χ4n) is 4.24. The van der Waals surface area contributed by atoms with Crippen LogP contribution in [0.15, 0.2) is 61.3 Å². The number of hydrogen-bond donors (Lipinski definition) is 1. The third kappa shape index (κ3) is 4.47. The van der Waals surface area contributed by atoms with Crippen LogP contribution in [0.2, 0.25) is 0 Å². The summed E-state index contributed by atoms with van der Waals surface area (Å²) in [5, 5.41) is 2.34. The maximum atomic E-state index is 12.6. The summed E-state index contributed by atoms with van der Waals surface area (Å²) in [7, 11) is 0. The number of aromatic amines is 1. The summed E-state index contributed by atoms with van der Waals surface area (Å²) < 4.78 is 5.59. The van der Waals surface area contributed by atoms with E-state index in [1.807, 2.05) is 40.0 Å². The van der Waals surface area contributed by atoms with Gasteiger partial charge in [-0.05, 0) is 74.6 Å². The number of imidazole rings is 1. The number of carbonyl (C=O) groups excluding carboxylic acids is 1. The Kier molecular flexibility index (Phi) is 5.92. The van der Waals surface area contributed by atoms with E-state index in [0.717, 1.165) is 46.4 Å². The fraction of sp³-hybridized carbons (Fsp3) is 0.333. The van der Waals surface area contributed by atoms with Crippen LogP contribution in [0.25, 0.3) is 27.6 Å². The van der Waals surface area contributed by atoms with Crippen LogP contribution in [-0.2, 0) is 4.74 Å². The predicted octanol–water partition coefficient (Wildman–Crippen LogP) is 6.89. The molecule has 1 unspecified atom stereocenters. The zero-order valence-electron chi connectivity index (χ0n) is 19.3. The molecule has 1 aromatic heterocycles. The van der Waals surface area contributed by atoms with Crippen molar-refractivity contribution in [2.24, 2.45) is 0 Å². The molecule has 166 valence electrons. The second kappa shape index (κ2) is 8.65. The number of hydrogen-bond acceptors (Lipinski definition) is 3. The largest absolute Gasteiger partial charge is 0.444 e. The second-order valence-electron chi connectivity index (χ2n) is 9.24. The molecule has 1 aliphatic rings. The number of rotatable bonds is 4. The summed E-state index contributed by atoms with van der Waals surface area (Å²) in [5.41, 5.74) is 3.79. The van der Waals surface area contributed by atoms with Crippen LogP contribution in [0.4, 0.5) is 4.79 Å². The minimum atomic E-state index is -0.511. The van der Waals surface area contributed by atoms with Crippen molar-refractivity contribution in [1.82, 2.24) is 14.9 Å². The van der Waals surface area contributed by atoms with E-state index in [0.29, 0.717) is 6.54 Å². The number of amides is 1. The van der Waals surface area contributed by atoms with Crippen molar-refractivity contribution < 1.29 is 9.53 Å². The molecule has 1 fully saturated rings. The summed E-state index contributed by atoms with van der Waals surface area (Å²) in [6.45, 7) is 12.3. The highest BCUT2D eigenvalue weighted by Gasteiger charge is 2.34. The van der Waals surface area contributed by atoms with E-state index < -0.39 is 5.60 Å². The maximum absolute atomic E-state index is 12.6. The average molecular weight is 430 g/mol. The quantitative estimate of drug-likeness (QED) is 0.459. The van der Waals surface area contributed by atoms with Gasteiger partial charge < -0.3 is 9.72 Å². The Labute approximate surface area is 189 Å². The Bertz CT molecular complexity index is 1180. The monoisotopic (exact) mass is 429 g/mol. The number of ether oxygens (including phenoxy) is 1. The smallest absolute Gasteiger partial charge is 0.410 e. The van der Waals surface area contributed by atoms with Gasteiger partial charge in [0.2, 0.25) is 0 Å². The minimum absolute atomic E-state index is 0.0835. The van der Waals surface area contributed by atoms with Gasteiger partial charge in [-0.2, -0.15) is 0 Å². The molecule has 2 aromatic carbocycles. The fourth-order valence-corrected chi connectivity index (χ4v) is 4.24. The Morgan fingerprint density at radius 2 is 1.97 bits per heavy atom. The maximum Gasteiger partial charge on any atom is 0.410 e. The highest BCUT2D eigenvalue weighted by Crippen LogP contribution is 2.33. The first-order valence-corrected chi connectivity index (χ1v) is 11.2. The molecule has 1 saturated heterocycles. The van der Waals surface area contributed by atoms with Crippen LogP contribution in [0.1, 0.15) is 58.0 Å². The van der Waals surface area contributed by atoms with Crippen molar-refractivity contribution >= 4 is 22.4 Å². The van der Waals surface area contributed by atoms with E-state index >= 15 is 0 Å². The molecule has 0 aliphatic carbocycles. The Morgan fingerprint density at radius 1 is 1.22 bits per heavy atom. The first-order valence-electron chi connectivity index (χ1n) is 11.2. The zero-order chi connectivity index (χ0) is 22.9. The number of H-pyrrole nitrogens is 1. The lowest BCUT2D eigenvalue weighted by atomic mass is 9.99. The molecular formula is C27H31N3O2. The Morgan fingerprint density at radius 3 is 2.69 bits per heavy atom. The first-order chi connectivity index (χ1) is 15.3.